The quantitative estimate of drug-likeness (QED) is 0.486. The van der Waals surface area contributed by atoms with Crippen molar-refractivity contribution in [3.05, 3.63) is 28.2 Å². The second-order valence-corrected chi connectivity index (χ2v) is 4.43. The van der Waals surface area contributed by atoms with Gasteiger partial charge < -0.3 is 9.64 Å². The van der Waals surface area contributed by atoms with Crippen molar-refractivity contribution in [2.45, 2.75) is 6.92 Å². The molecule has 17 heavy (non-hydrogen) atoms. The monoisotopic (exact) mass is 299 g/mol. The maximum Gasteiger partial charge on any atom is 0.379 e. The average molecular weight is 300 g/mol. The maximum atomic E-state index is 11.9. The molecule has 0 saturated carbocycles. The van der Waals surface area contributed by atoms with E-state index in [0.717, 1.165) is 0 Å². The van der Waals surface area contributed by atoms with Gasteiger partial charge in [0.1, 0.15) is 0 Å². The summed E-state index contributed by atoms with van der Waals surface area (Å²) in [5, 5.41) is 0. The van der Waals surface area contributed by atoms with Crippen molar-refractivity contribution in [3.63, 3.8) is 0 Å². The SMILES string of the molecule is CCOC(=O)C(=O)c1c(Br)cccc1N(C)C. The van der Waals surface area contributed by atoms with Gasteiger partial charge in [0.05, 0.1) is 12.2 Å². The number of anilines is 1. The highest BCUT2D eigenvalue weighted by Gasteiger charge is 2.24. The number of hydrogen-bond acceptors (Lipinski definition) is 4. The number of Topliss-reactive ketones (excluding diaryl/α,β-unsaturated/α-hetero) is 1. The molecule has 92 valence electrons. The lowest BCUT2D eigenvalue weighted by molar-refractivity contribution is -0.137. The van der Waals surface area contributed by atoms with E-state index < -0.39 is 11.8 Å². The second-order valence-electron chi connectivity index (χ2n) is 3.58. The Labute approximate surface area is 109 Å². The first-order chi connectivity index (χ1) is 7.99. The second kappa shape index (κ2) is 5.82. The van der Waals surface area contributed by atoms with E-state index in [0.29, 0.717) is 15.7 Å². The minimum Gasteiger partial charge on any atom is -0.460 e. The Morgan fingerprint density at radius 2 is 2.00 bits per heavy atom. The molecule has 0 aliphatic carbocycles. The van der Waals surface area contributed by atoms with Gasteiger partial charge in [-0.1, -0.05) is 6.07 Å². The Morgan fingerprint density at radius 1 is 1.35 bits per heavy atom. The molecule has 0 aliphatic rings. The topological polar surface area (TPSA) is 46.6 Å². The Kier molecular flexibility index (Phi) is 4.69. The fraction of sp³-hybridized carbons (Fsp3) is 0.333. The van der Waals surface area contributed by atoms with E-state index in [4.69, 9.17) is 4.74 Å². The highest BCUT2D eigenvalue weighted by atomic mass is 79.9. The number of benzene rings is 1. The largest absolute Gasteiger partial charge is 0.460 e. The number of rotatable bonds is 4. The molecule has 0 fully saturated rings. The highest BCUT2D eigenvalue weighted by molar-refractivity contribution is 9.10. The van der Waals surface area contributed by atoms with E-state index in [1.807, 2.05) is 14.1 Å². The predicted molar refractivity (Wildman–Crippen MR) is 69.4 cm³/mol. The van der Waals surface area contributed by atoms with E-state index in [9.17, 15) is 9.59 Å². The van der Waals surface area contributed by atoms with Gasteiger partial charge in [-0.3, -0.25) is 4.79 Å². The van der Waals surface area contributed by atoms with E-state index in [1.54, 1.807) is 30.0 Å². The molecule has 0 N–H and O–H groups in total. The van der Waals surface area contributed by atoms with Crippen LogP contribution in [0.1, 0.15) is 17.3 Å². The molecule has 0 atom stereocenters. The molecule has 0 spiro atoms. The molecule has 0 bridgehead atoms. The Hall–Kier alpha value is -1.36. The predicted octanol–water partition coefficient (Wildman–Crippen LogP) is 2.26. The zero-order valence-corrected chi connectivity index (χ0v) is 11.6. The normalized spacial score (nSPS) is 9.88. The molecule has 4 nitrogen and oxygen atoms in total. The first-order valence-corrected chi connectivity index (χ1v) is 5.95. The first kappa shape index (κ1) is 13.7. The highest BCUT2D eigenvalue weighted by Crippen LogP contribution is 2.27. The Balaban J connectivity index is 3.20. The third-order valence-corrected chi connectivity index (χ3v) is 2.82. The average Bonchev–Trinajstić information content (AvgIpc) is 2.28. The van der Waals surface area contributed by atoms with Gasteiger partial charge in [0, 0.05) is 24.3 Å². The lowest BCUT2D eigenvalue weighted by Crippen LogP contribution is -2.22. The molecule has 0 amide bonds. The zero-order valence-electron chi connectivity index (χ0n) is 9.99. The van der Waals surface area contributed by atoms with Gasteiger partial charge in [-0.15, -0.1) is 0 Å². The third-order valence-electron chi connectivity index (χ3n) is 2.16. The fourth-order valence-electron chi connectivity index (χ4n) is 1.41. The Morgan fingerprint density at radius 3 is 2.53 bits per heavy atom. The Bertz CT molecular complexity index is 443. The van der Waals surface area contributed by atoms with Crippen LogP contribution >= 0.6 is 15.9 Å². The number of ether oxygens (including phenoxy) is 1. The van der Waals surface area contributed by atoms with Gasteiger partial charge in [0.2, 0.25) is 0 Å². The van der Waals surface area contributed by atoms with E-state index in [-0.39, 0.29) is 6.61 Å². The molecule has 0 saturated heterocycles. The summed E-state index contributed by atoms with van der Waals surface area (Å²) in [5.41, 5.74) is 1.01. The molecule has 0 radical (unpaired) electrons. The summed E-state index contributed by atoms with van der Waals surface area (Å²) in [7, 11) is 3.62. The number of ketones is 1. The van der Waals surface area contributed by atoms with Crippen molar-refractivity contribution >= 4 is 33.4 Å². The lowest BCUT2D eigenvalue weighted by atomic mass is 10.1. The number of halogens is 1. The van der Waals surface area contributed by atoms with Crippen molar-refractivity contribution in [1.29, 1.82) is 0 Å². The summed E-state index contributed by atoms with van der Waals surface area (Å²) in [6.07, 6.45) is 0. The summed E-state index contributed by atoms with van der Waals surface area (Å²) >= 11 is 3.28. The first-order valence-electron chi connectivity index (χ1n) is 5.16. The van der Waals surface area contributed by atoms with Crippen LogP contribution in [-0.4, -0.2) is 32.5 Å². The molecule has 0 heterocycles. The summed E-state index contributed by atoms with van der Waals surface area (Å²) in [4.78, 5) is 25.2. The van der Waals surface area contributed by atoms with Crippen LogP contribution in [0.2, 0.25) is 0 Å². The molecule has 1 rings (SSSR count). The summed E-state index contributed by atoms with van der Waals surface area (Å²) in [6, 6.07) is 5.30. The van der Waals surface area contributed by atoms with Gasteiger partial charge >= 0.3 is 5.97 Å². The van der Waals surface area contributed by atoms with Crippen LogP contribution < -0.4 is 4.90 Å². The van der Waals surface area contributed by atoms with Crippen LogP contribution in [-0.2, 0) is 9.53 Å². The molecular formula is C12H14BrNO3. The van der Waals surface area contributed by atoms with Crippen molar-refractivity contribution in [3.8, 4) is 0 Å². The maximum absolute atomic E-state index is 11.9. The molecule has 0 unspecified atom stereocenters. The van der Waals surface area contributed by atoms with Crippen molar-refractivity contribution < 1.29 is 14.3 Å². The summed E-state index contributed by atoms with van der Waals surface area (Å²) in [5.74, 6) is -1.47. The smallest absolute Gasteiger partial charge is 0.379 e. The molecular weight excluding hydrogens is 286 g/mol. The van der Waals surface area contributed by atoms with E-state index in [2.05, 4.69) is 15.9 Å². The van der Waals surface area contributed by atoms with Crippen LogP contribution in [0.5, 0.6) is 0 Å². The fourth-order valence-corrected chi connectivity index (χ4v) is 1.94. The number of carbonyl (C=O) groups excluding carboxylic acids is 2. The minimum atomic E-state index is -0.831. The molecule has 0 aliphatic heterocycles. The molecule has 0 aromatic heterocycles. The van der Waals surface area contributed by atoms with Gasteiger partial charge in [0.15, 0.2) is 0 Å². The lowest BCUT2D eigenvalue weighted by Gasteiger charge is -2.17. The third kappa shape index (κ3) is 3.06. The van der Waals surface area contributed by atoms with Gasteiger partial charge in [-0.25, -0.2) is 4.79 Å². The van der Waals surface area contributed by atoms with Crippen molar-refractivity contribution in [2.75, 3.05) is 25.6 Å². The van der Waals surface area contributed by atoms with E-state index in [1.165, 1.54) is 0 Å². The van der Waals surface area contributed by atoms with Gasteiger partial charge in [-0.05, 0) is 35.0 Å². The standard InChI is InChI=1S/C12H14BrNO3/c1-4-17-12(16)11(15)10-8(13)6-5-7-9(10)14(2)3/h5-7H,4H2,1-3H3. The van der Waals surface area contributed by atoms with Crippen LogP contribution in [0.3, 0.4) is 0 Å². The molecule has 5 heteroatoms. The zero-order chi connectivity index (χ0) is 13.0. The van der Waals surface area contributed by atoms with Crippen LogP contribution in [0, 0.1) is 0 Å². The minimum absolute atomic E-state index is 0.187. The number of esters is 1. The summed E-state index contributed by atoms with van der Waals surface area (Å²) < 4.78 is 5.30. The number of nitrogens with zero attached hydrogens (tertiary/aromatic N) is 1. The number of carbonyl (C=O) groups is 2. The number of hydrogen-bond donors (Lipinski definition) is 0. The van der Waals surface area contributed by atoms with Gasteiger partial charge in [0.25, 0.3) is 5.78 Å². The van der Waals surface area contributed by atoms with Crippen LogP contribution in [0.15, 0.2) is 22.7 Å². The van der Waals surface area contributed by atoms with Crippen LogP contribution in [0.25, 0.3) is 0 Å². The van der Waals surface area contributed by atoms with E-state index >= 15 is 0 Å². The van der Waals surface area contributed by atoms with Crippen molar-refractivity contribution in [1.82, 2.24) is 0 Å². The van der Waals surface area contributed by atoms with Crippen molar-refractivity contribution in [2.24, 2.45) is 0 Å². The molecule has 1 aromatic rings. The van der Waals surface area contributed by atoms with Gasteiger partial charge in [-0.2, -0.15) is 0 Å². The van der Waals surface area contributed by atoms with Crippen LogP contribution in [0.4, 0.5) is 5.69 Å². The summed E-state index contributed by atoms with van der Waals surface area (Å²) in [6.45, 7) is 1.85. The molecule has 1 aromatic carbocycles.